The Hall–Kier alpha value is 0.530. The summed E-state index contributed by atoms with van der Waals surface area (Å²) in [5.41, 5.74) is 0. The third-order valence-corrected chi connectivity index (χ3v) is 3.84. The number of rotatable bonds is 13. The van der Waals surface area contributed by atoms with Crippen molar-refractivity contribution in [1.82, 2.24) is 0 Å². The van der Waals surface area contributed by atoms with Crippen LogP contribution in [0.3, 0.4) is 0 Å². The molecular weight excluding hydrogens is 267 g/mol. The molecule has 0 atom stereocenters. The van der Waals surface area contributed by atoms with E-state index in [1.165, 1.54) is 57.8 Å². The molecule has 0 amide bonds. The standard InChI is InChI=1S/C13H29O3PS/c1-2-3-4-5-6-7-8-9-10-11-12-13-16-17(14,15)18/h2-13H2,1H3,(H2,14,15,18). The van der Waals surface area contributed by atoms with Gasteiger partial charge in [0.1, 0.15) is 0 Å². The number of hydrogen-bond donors (Lipinski definition) is 2. The van der Waals surface area contributed by atoms with E-state index >= 15 is 0 Å². The lowest BCUT2D eigenvalue weighted by molar-refractivity contribution is 0.245. The van der Waals surface area contributed by atoms with E-state index in [4.69, 9.17) is 14.3 Å². The van der Waals surface area contributed by atoms with Crippen molar-refractivity contribution in [2.24, 2.45) is 0 Å². The van der Waals surface area contributed by atoms with Crippen molar-refractivity contribution >= 4 is 18.5 Å². The van der Waals surface area contributed by atoms with E-state index < -0.39 is 6.72 Å². The van der Waals surface area contributed by atoms with Gasteiger partial charge in [-0.15, -0.1) is 0 Å². The highest BCUT2D eigenvalue weighted by atomic mass is 32.5. The van der Waals surface area contributed by atoms with Gasteiger partial charge in [-0.1, -0.05) is 71.1 Å². The van der Waals surface area contributed by atoms with Crippen LogP contribution in [0, 0.1) is 0 Å². The molecule has 0 spiro atoms. The maximum atomic E-state index is 8.84. The molecule has 0 aliphatic heterocycles. The third kappa shape index (κ3) is 16.5. The minimum atomic E-state index is -3.41. The molecular formula is C13H29O3PS. The minimum Gasteiger partial charge on any atom is -0.325 e. The van der Waals surface area contributed by atoms with Gasteiger partial charge in [0.05, 0.1) is 6.61 Å². The van der Waals surface area contributed by atoms with Crippen molar-refractivity contribution in [2.45, 2.75) is 77.6 Å². The fourth-order valence-electron chi connectivity index (χ4n) is 1.95. The molecule has 18 heavy (non-hydrogen) atoms. The Morgan fingerprint density at radius 2 is 1.17 bits per heavy atom. The zero-order valence-electron chi connectivity index (χ0n) is 11.6. The summed E-state index contributed by atoms with van der Waals surface area (Å²) in [6, 6.07) is 0. The monoisotopic (exact) mass is 296 g/mol. The first-order valence-corrected chi connectivity index (χ1v) is 9.89. The largest absolute Gasteiger partial charge is 0.325 e. The van der Waals surface area contributed by atoms with Crippen LogP contribution < -0.4 is 0 Å². The summed E-state index contributed by atoms with van der Waals surface area (Å²) >= 11 is 4.36. The summed E-state index contributed by atoms with van der Waals surface area (Å²) in [7, 11) is 0. The lowest BCUT2D eigenvalue weighted by atomic mass is 10.1. The van der Waals surface area contributed by atoms with Gasteiger partial charge in [0.25, 0.3) is 0 Å². The van der Waals surface area contributed by atoms with Crippen molar-refractivity contribution in [3.8, 4) is 0 Å². The van der Waals surface area contributed by atoms with Crippen LogP contribution in [0.2, 0.25) is 0 Å². The van der Waals surface area contributed by atoms with Crippen LogP contribution in [-0.4, -0.2) is 16.4 Å². The lowest BCUT2D eigenvalue weighted by Crippen LogP contribution is -1.92. The van der Waals surface area contributed by atoms with Crippen LogP contribution >= 0.6 is 6.72 Å². The molecule has 0 aromatic heterocycles. The normalized spacial score (nSPS) is 11.9. The summed E-state index contributed by atoms with van der Waals surface area (Å²) in [6.45, 7) is -0.791. The van der Waals surface area contributed by atoms with Crippen molar-refractivity contribution in [3.05, 3.63) is 0 Å². The van der Waals surface area contributed by atoms with Gasteiger partial charge in [0.2, 0.25) is 0 Å². The molecule has 0 rings (SSSR count). The molecule has 5 heteroatoms. The molecule has 0 aromatic carbocycles. The highest BCUT2D eigenvalue weighted by Crippen LogP contribution is 2.36. The molecule has 3 nitrogen and oxygen atoms in total. The first-order valence-electron chi connectivity index (χ1n) is 7.26. The van der Waals surface area contributed by atoms with E-state index in [2.05, 4.69) is 18.7 Å². The first kappa shape index (κ1) is 18.5. The zero-order chi connectivity index (χ0) is 13.7. The Morgan fingerprint density at radius 3 is 1.56 bits per heavy atom. The molecule has 0 aliphatic rings. The van der Waals surface area contributed by atoms with Gasteiger partial charge >= 0.3 is 6.72 Å². The molecule has 110 valence electrons. The van der Waals surface area contributed by atoms with Crippen LogP contribution in [0.15, 0.2) is 0 Å². The molecule has 0 radical (unpaired) electrons. The average molecular weight is 296 g/mol. The van der Waals surface area contributed by atoms with Crippen molar-refractivity contribution in [3.63, 3.8) is 0 Å². The predicted octanol–water partition coefficient (Wildman–Crippen LogP) is 4.52. The summed E-state index contributed by atoms with van der Waals surface area (Å²) in [5, 5.41) is 0. The Balaban J connectivity index is 3.01. The molecule has 0 fully saturated rings. The minimum absolute atomic E-state index is 0.376. The van der Waals surface area contributed by atoms with Crippen molar-refractivity contribution in [1.29, 1.82) is 0 Å². The summed E-state index contributed by atoms with van der Waals surface area (Å²) in [5.74, 6) is 0. The number of hydrogen-bond acceptors (Lipinski definition) is 2. The third-order valence-electron chi connectivity index (χ3n) is 3.01. The topological polar surface area (TPSA) is 49.7 Å². The van der Waals surface area contributed by atoms with E-state index in [1.54, 1.807) is 0 Å². The van der Waals surface area contributed by atoms with Gasteiger partial charge in [-0.05, 0) is 18.2 Å². The van der Waals surface area contributed by atoms with E-state index in [0.29, 0.717) is 6.61 Å². The highest BCUT2D eigenvalue weighted by Gasteiger charge is 2.06. The van der Waals surface area contributed by atoms with Gasteiger partial charge in [-0.3, -0.25) is 0 Å². The second-order valence-electron chi connectivity index (χ2n) is 4.86. The predicted molar refractivity (Wildman–Crippen MR) is 81.1 cm³/mol. The van der Waals surface area contributed by atoms with Gasteiger partial charge in [0, 0.05) is 0 Å². The second kappa shape index (κ2) is 12.6. The van der Waals surface area contributed by atoms with Crippen LogP contribution in [0.25, 0.3) is 0 Å². The fourth-order valence-corrected chi connectivity index (χ4v) is 2.54. The van der Waals surface area contributed by atoms with Crippen LogP contribution in [-0.2, 0) is 16.3 Å². The lowest BCUT2D eigenvalue weighted by Gasteiger charge is -2.07. The summed E-state index contributed by atoms with van der Waals surface area (Å²) in [4.78, 5) is 17.7. The average Bonchev–Trinajstić information content (AvgIpc) is 2.29. The quantitative estimate of drug-likeness (QED) is 0.387. The van der Waals surface area contributed by atoms with Crippen LogP contribution in [0.1, 0.15) is 77.6 Å². The zero-order valence-corrected chi connectivity index (χ0v) is 13.4. The molecule has 0 aromatic rings. The smallest absolute Gasteiger partial charge is 0.321 e. The van der Waals surface area contributed by atoms with Crippen LogP contribution in [0.5, 0.6) is 0 Å². The van der Waals surface area contributed by atoms with Crippen molar-refractivity contribution < 1.29 is 14.3 Å². The molecule has 0 saturated carbocycles. The van der Waals surface area contributed by atoms with Gasteiger partial charge < -0.3 is 14.3 Å². The SMILES string of the molecule is CCCCCCCCCCCCCOP(O)(O)=S. The van der Waals surface area contributed by atoms with Crippen molar-refractivity contribution in [2.75, 3.05) is 6.61 Å². The Bertz CT molecular complexity index is 218. The molecule has 0 unspecified atom stereocenters. The Kier molecular flexibility index (Phi) is 12.9. The van der Waals surface area contributed by atoms with E-state index in [-0.39, 0.29) is 0 Å². The maximum absolute atomic E-state index is 8.84. The van der Waals surface area contributed by atoms with E-state index in [9.17, 15) is 0 Å². The van der Waals surface area contributed by atoms with Gasteiger partial charge in [-0.25, -0.2) is 0 Å². The Morgan fingerprint density at radius 1 is 0.778 bits per heavy atom. The molecule has 0 aliphatic carbocycles. The Labute approximate surface area is 117 Å². The van der Waals surface area contributed by atoms with Gasteiger partial charge in [0.15, 0.2) is 0 Å². The first-order chi connectivity index (χ1) is 8.56. The molecule has 2 N–H and O–H groups in total. The van der Waals surface area contributed by atoms with Gasteiger partial charge in [-0.2, -0.15) is 0 Å². The second-order valence-corrected chi connectivity index (χ2v) is 7.53. The number of unbranched alkanes of at least 4 members (excludes halogenated alkanes) is 10. The maximum Gasteiger partial charge on any atom is 0.321 e. The fraction of sp³-hybridized carbons (Fsp3) is 1.00. The summed E-state index contributed by atoms with van der Waals surface area (Å²) < 4.78 is 4.75. The van der Waals surface area contributed by atoms with E-state index in [0.717, 1.165) is 12.8 Å². The highest BCUT2D eigenvalue weighted by molar-refractivity contribution is 8.06. The molecule has 0 heterocycles. The van der Waals surface area contributed by atoms with E-state index in [1.807, 2.05) is 0 Å². The molecule has 0 bridgehead atoms. The summed E-state index contributed by atoms with van der Waals surface area (Å²) in [6.07, 6.45) is 14.0. The van der Waals surface area contributed by atoms with Crippen LogP contribution in [0.4, 0.5) is 0 Å². The molecule has 0 saturated heterocycles.